The number of carbonyl (C=O) groups is 2. The molecule has 0 bridgehead atoms. The summed E-state index contributed by atoms with van der Waals surface area (Å²) in [5.74, 6) is -1.58. The number of hydrogen-bond acceptors (Lipinski definition) is 6. The lowest BCUT2D eigenvalue weighted by atomic mass is 9.95. The summed E-state index contributed by atoms with van der Waals surface area (Å²) in [5.41, 5.74) is 2.74. The maximum absolute atomic E-state index is 13.4. The van der Waals surface area contributed by atoms with Gasteiger partial charge >= 0.3 is 0 Å². The molecular formula is C31H25ClN2O5. The molecule has 1 aliphatic heterocycles. The van der Waals surface area contributed by atoms with Crippen LogP contribution in [-0.4, -0.2) is 28.5 Å². The van der Waals surface area contributed by atoms with E-state index in [1.807, 2.05) is 37.3 Å². The Hall–Kier alpha value is -4.75. The number of hydrogen-bond donors (Lipinski definition) is 3. The van der Waals surface area contributed by atoms with Gasteiger partial charge in [0.05, 0.1) is 23.2 Å². The first-order valence-electron chi connectivity index (χ1n) is 12.3. The summed E-state index contributed by atoms with van der Waals surface area (Å²) in [7, 11) is 0. The molecule has 0 spiro atoms. The van der Waals surface area contributed by atoms with Crippen molar-refractivity contribution in [3.8, 4) is 11.5 Å². The van der Waals surface area contributed by atoms with Crippen molar-refractivity contribution in [2.75, 3.05) is 16.8 Å². The largest absolute Gasteiger partial charge is 0.508 e. The Balaban J connectivity index is 1.60. The van der Waals surface area contributed by atoms with Crippen LogP contribution in [0.4, 0.5) is 17.1 Å². The van der Waals surface area contributed by atoms with Crippen molar-refractivity contribution in [2.45, 2.75) is 13.0 Å². The van der Waals surface area contributed by atoms with E-state index in [2.05, 4.69) is 5.32 Å². The van der Waals surface area contributed by atoms with Crippen molar-refractivity contribution >= 4 is 46.1 Å². The first kappa shape index (κ1) is 25.9. The van der Waals surface area contributed by atoms with Crippen LogP contribution < -0.4 is 15.0 Å². The van der Waals surface area contributed by atoms with E-state index in [-0.39, 0.29) is 21.9 Å². The molecule has 1 heterocycles. The number of benzene rings is 4. The Kier molecular flexibility index (Phi) is 7.25. The van der Waals surface area contributed by atoms with Gasteiger partial charge in [0, 0.05) is 22.6 Å². The molecule has 1 atom stereocenters. The van der Waals surface area contributed by atoms with E-state index in [1.54, 1.807) is 48.5 Å². The summed E-state index contributed by atoms with van der Waals surface area (Å²) in [6.45, 7) is 2.22. The van der Waals surface area contributed by atoms with Crippen LogP contribution in [0.1, 0.15) is 24.1 Å². The average molecular weight is 541 g/mol. The molecule has 8 heteroatoms. The van der Waals surface area contributed by atoms with Crippen LogP contribution >= 0.6 is 11.6 Å². The number of nitrogens with zero attached hydrogens (tertiary/aromatic N) is 1. The highest BCUT2D eigenvalue weighted by Crippen LogP contribution is 2.44. The maximum atomic E-state index is 13.4. The highest BCUT2D eigenvalue weighted by Gasteiger charge is 2.47. The predicted molar refractivity (Wildman–Crippen MR) is 152 cm³/mol. The molecule has 0 radical (unpaired) electrons. The summed E-state index contributed by atoms with van der Waals surface area (Å²) in [6, 6.07) is 26.6. The number of aliphatic hydroxyl groups excluding tert-OH is 1. The second-order valence-corrected chi connectivity index (χ2v) is 9.28. The summed E-state index contributed by atoms with van der Waals surface area (Å²) in [4.78, 5) is 28.2. The number of ketones is 1. The molecule has 4 aromatic rings. The van der Waals surface area contributed by atoms with E-state index in [9.17, 15) is 19.8 Å². The van der Waals surface area contributed by atoms with E-state index in [1.165, 1.54) is 23.1 Å². The van der Waals surface area contributed by atoms with Crippen LogP contribution in [0.2, 0.25) is 5.02 Å². The molecule has 5 rings (SSSR count). The molecule has 1 unspecified atom stereocenters. The van der Waals surface area contributed by atoms with Crippen molar-refractivity contribution in [2.24, 2.45) is 0 Å². The Morgan fingerprint density at radius 3 is 2.26 bits per heavy atom. The Labute approximate surface area is 230 Å². The summed E-state index contributed by atoms with van der Waals surface area (Å²) in [6.07, 6.45) is 0. The Morgan fingerprint density at radius 2 is 1.59 bits per heavy atom. The quantitative estimate of drug-likeness (QED) is 0.135. The van der Waals surface area contributed by atoms with Crippen LogP contribution in [0.3, 0.4) is 0 Å². The number of carbonyl (C=O) groups excluding carboxylic acids is 2. The number of ether oxygens (including phenoxy) is 1. The number of halogens is 1. The Morgan fingerprint density at radius 1 is 0.923 bits per heavy atom. The normalized spacial score (nSPS) is 16.4. The van der Waals surface area contributed by atoms with Crippen LogP contribution in [0, 0.1) is 0 Å². The van der Waals surface area contributed by atoms with Gasteiger partial charge in [0.2, 0.25) is 0 Å². The number of para-hydroxylation sites is 1. The lowest BCUT2D eigenvalue weighted by Gasteiger charge is -2.26. The third-order valence-electron chi connectivity index (χ3n) is 6.37. The third kappa shape index (κ3) is 5.17. The zero-order valence-corrected chi connectivity index (χ0v) is 21.7. The van der Waals surface area contributed by atoms with Gasteiger partial charge in [-0.05, 0) is 79.2 Å². The number of anilines is 3. The number of phenolic OH excluding ortho intramolecular Hbond substituents is 1. The number of Topliss-reactive ketones (excluding diaryl/α,β-unsaturated/α-hetero) is 1. The number of aromatic hydroxyl groups is 1. The van der Waals surface area contributed by atoms with Gasteiger partial charge in [-0.3, -0.25) is 14.5 Å². The second kappa shape index (κ2) is 10.9. The van der Waals surface area contributed by atoms with Gasteiger partial charge in [-0.1, -0.05) is 41.9 Å². The third-order valence-corrected chi connectivity index (χ3v) is 6.69. The van der Waals surface area contributed by atoms with Gasteiger partial charge in [-0.25, -0.2) is 0 Å². The number of aliphatic hydroxyl groups is 1. The van der Waals surface area contributed by atoms with Crippen LogP contribution in [0.15, 0.2) is 103 Å². The summed E-state index contributed by atoms with van der Waals surface area (Å²) < 4.78 is 5.54. The Bertz CT molecular complexity index is 1550. The number of amides is 1. The van der Waals surface area contributed by atoms with E-state index >= 15 is 0 Å². The summed E-state index contributed by atoms with van der Waals surface area (Å²) >= 11 is 6.41. The smallest absolute Gasteiger partial charge is 0.300 e. The molecule has 1 aliphatic rings. The molecule has 0 saturated carbocycles. The van der Waals surface area contributed by atoms with Crippen molar-refractivity contribution in [3.63, 3.8) is 0 Å². The first-order valence-corrected chi connectivity index (χ1v) is 12.7. The molecule has 196 valence electrons. The van der Waals surface area contributed by atoms with Gasteiger partial charge in [-0.15, -0.1) is 0 Å². The molecule has 1 amide bonds. The highest BCUT2D eigenvalue weighted by atomic mass is 35.5. The number of phenols is 1. The van der Waals surface area contributed by atoms with Crippen LogP contribution in [0.25, 0.3) is 5.76 Å². The second-order valence-electron chi connectivity index (χ2n) is 8.87. The van der Waals surface area contributed by atoms with E-state index < -0.39 is 23.5 Å². The average Bonchev–Trinajstić information content (AvgIpc) is 3.21. The highest BCUT2D eigenvalue weighted by molar-refractivity contribution is 6.52. The lowest BCUT2D eigenvalue weighted by Crippen LogP contribution is -2.29. The molecule has 1 fully saturated rings. The number of rotatable bonds is 7. The van der Waals surface area contributed by atoms with Gasteiger partial charge in [0.15, 0.2) is 0 Å². The molecular weight excluding hydrogens is 516 g/mol. The maximum Gasteiger partial charge on any atom is 0.300 e. The molecule has 0 aromatic heterocycles. The minimum Gasteiger partial charge on any atom is -0.508 e. The zero-order chi connectivity index (χ0) is 27.5. The van der Waals surface area contributed by atoms with Gasteiger partial charge in [0.1, 0.15) is 17.3 Å². The molecule has 39 heavy (non-hydrogen) atoms. The molecule has 1 saturated heterocycles. The van der Waals surface area contributed by atoms with Gasteiger partial charge < -0.3 is 20.3 Å². The van der Waals surface area contributed by atoms with Gasteiger partial charge in [-0.2, -0.15) is 0 Å². The van der Waals surface area contributed by atoms with Crippen LogP contribution in [-0.2, 0) is 9.59 Å². The van der Waals surface area contributed by atoms with E-state index in [0.29, 0.717) is 23.6 Å². The fourth-order valence-corrected chi connectivity index (χ4v) is 4.76. The summed E-state index contributed by atoms with van der Waals surface area (Å²) in [5, 5.41) is 24.8. The topological polar surface area (TPSA) is 99.1 Å². The van der Waals surface area contributed by atoms with Crippen molar-refractivity contribution in [1.82, 2.24) is 0 Å². The van der Waals surface area contributed by atoms with Crippen molar-refractivity contribution < 1.29 is 24.5 Å². The minimum absolute atomic E-state index is 0.0273. The van der Waals surface area contributed by atoms with E-state index in [0.717, 1.165) is 11.4 Å². The predicted octanol–water partition coefficient (Wildman–Crippen LogP) is 6.81. The molecule has 4 aromatic carbocycles. The molecule has 7 nitrogen and oxygen atoms in total. The molecule has 3 N–H and O–H groups in total. The van der Waals surface area contributed by atoms with Gasteiger partial charge in [0.25, 0.3) is 11.7 Å². The molecule has 0 aliphatic carbocycles. The van der Waals surface area contributed by atoms with Crippen molar-refractivity contribution in [3.05, 3.63) is 119 Å². The number of nitrogens with one attached hydrogen (secondary N) is 1. The lowest BCUT2D eigenvalue weighted by molar-refractivity contribution is -0.132. The monoisotopic (exact) mass is 540 g/mol. The van der Waals surface area contributed by atoms with Crippen LogP contribution in [0.5, 0.6) is 11.5 Å². The van der Waals surface area contributed by atoms with E-state index in [4.69, 9.17) is 16.3 Å². The SMILES string of the molecule is CCOc1ccc(Cl)c(/C(O)=C2\C(=O)C(=O)N(c3ccc(Nc4ccccc4)cc3)C2c2ccc(O)cc2)c1. The first-order chi connectivity index (χ1) is 18.9. The fourth-order valence-electron chi connectivity index (χ4n) is 4.55. The minimum atomic E-state index is -0.967. The standard InChI is InChI=1S/C31H25ClN2O5/c1-2-39-24-16-17-26(32)25(18-24)29(36)27-28(19-8-14-23(35)15-9-19)34(31(38)30(27)37)22-12-10-21(11-13-22)33-20-6-4-3-5-7-20/h3-18,28,33,35-36H,2H2,1H3/b29-27+. The fraction of sp³-hybridized carbons (Fsp3) is 0.0968. The van der Waals surface area contributed by atoms with Crippen molar-refractivity contribution in [1.29, 1.82) is 0 Å². The zero-order valence-electron chi connectivity index (χ0n) is 21.0.